The number of anilines is 2. The van der Waals surface area contributed by atoms with Crippen LogP contribution in [0.2, 0.25) is 0 Å². The fourth-order valence-corrected chi connectivity index (χ4v) is 7.92. The van der Waals surface area contributed by atoms with E-state index in [1.807, 2.05) is 22.8 Å². The number of aryl methyl sites for hydroxylation is 2. The summed E-state index contributed by atoms with van der Waals surface area (Å²) in [5.41, 5.74) is 6.98. The molecule has 1 amide bonds. The SMILES string of the molecule is CCc1nn2c(I)cccc2c1N(CC1CCOCC1)CC1CC1.CCc1nn2ccccc2c1N(CC1CC1)C(=O)C1CCOCC1. The smallest absolute Gasteiger partial charge is 0.230 e. The number of carbonyl (C=O) groups is 1. The molecular weight excluding hydrogens is 715 g/mol. The number of aromatic nitrogens is 4. The molecule has 6 heterocycles. The zero-order valence-corrected chi connectivity index (χ0v) is 30.8. The largest absolute Gasteiger partial charge is 0.381 e. The van der Waals surface area contributed by atoms with Crippen LogP contribution in [0.15, 0.2) is 42.6 Å². The van der Waals surface area contributed by atoms with Crippen molar-refractivity contribution in [3.05, 3.63) is 57.7 Å². The number of hydrogen-bond acceptors (Lipinski definition) is 6. The molecule has 9 nitrogen and oxygen atoms in total. The molecule has 48 heavy (non-hydrogen) atoms. The van der Waals surface area contributed by atoms with Crippen molar-refractivity contribution in [2.24, 2.45) is 23.7 Å². The van der Waals surface area contributed by atoms with Crippen molar-refractivity contribution >= 4 is 50.9 Å². The minimum absolute atomic E-state index is 0.0841. The molecule has 4 fully saturated rings. The third-order valence-corrected chi connectivity index (χ3v) is 11.3. The number of halogens is 1. The Morgan fingerprint density at radius 3 is 2.02 bits per heavy atom. The maximum Gasteiger partial charge on any atom is 0.230 e. The standard InChI is InChI=1S/C19H26IN3O.C19H25N3O2/c1-2-16-19(17-4-3-5-18(20)23(17)21-16)22(12-14-6-7-14)13-15-8-10-24-11-9-15;1-2-16-18(17-5-3-4-10-22(17)20-16)21(13-14-6-7-14)19(23)15-8-11-24-12-9-15/h3-5,14-15H,2,6-13H2,1H3;3-5,10,14-15H,2,6-9,11-13H2,1H3. The normalized spacial score (nSPS) is 19.0. The Morgan fingerprint density at radius 1 is 0.750 bits per heavy atom. The van der Waals surface area contributed by atoms with Gasteiger partial charge in [-0.05, 0) is 129 Å². The topological polar surface area (TPSA) is 76.6 Å². The highest BCUT2D eigenvalue weighted by molar-refractivity contribution is 14.1. The molecule has 4 aliphatic rings. The lowest BCUT2D eigenvalue weighted by Gasteiger charge is -2.31. The van der Waals surface area contributed by atoms with Gasteiger partial charge in [0.25, 0.3) is 0 Å². The van der Waals surface area contributed by atoms with Gasteiger partial charge in [0.15, 0.2) is 0 Å². The number of hydrogen-bond donors (Lipinski definition) is 0. The molecule has 4 aromatic rings. The first-order valence-electron chi connectivity index (χ1n) is 18.4. The number of pyridine rings is 2. The van der Waals surface area contributed by atoms with Gasteiger partial charge in [-0.1, -0.05) is 26.0 Å². The van der Waals surface area contributed by atoms with Gasteiger partial charge in [0.2, 0.25) is 5.91 Å². The van der Waals surface area contributed by atoms with Crippen molar-refractivity contribution in [1.82, 2.24) is 19.2 Å². The van der Waals surface area contributed by atoms with Gasteiger partial charge in [-0.2, -0.15) is 10.2 Å². The first-order chi connectivity index (χ1) is 23.5. The van der Waals surface area contributed by atoms with Crippen LogP contribution in [0.5, 0.6) is 0 Å². The Bertz CT molecular complexity index is 1680. The maximum absolute atomic E-state index is 13.3. The van der Waals surface area contributed by atoms with Crippen LogP contribution in [0, 0.1) is 27.4 Å². The van der Waals surface area contributed by atoms with Crippen LogP contribution >= 0.6 is 22.6 Å². The highest BCUT2D eigenvalue weighted by Gasteiger charge is 2.35. The van der Waals surface area contributed by atoms with Gasteiger partial charge in [-0.15, -0.1) is 0 Å². The van der Waals surface area contributed by atoms with E-state index in [0.29, 0.717) is 19.1 Å². The van der Waals surface area contributed by atoms with Crippen molar-refractivity contribution in [1.29, 1.82) is 0 Å². The van der Waals surface area contributed by atoms with E-state index in [4.69, 9.17) is 19.7 Å². The van der Waals surface area contributed by atoms with Gasteiger partial charge in [0, 0.05) is 58.2 Å². The second-order valence-electron chi connectivity index (χ2n) is 14.2. The zero-order valence-electron chi connectivity index (χ0n) is 28.7. The second-order valence-corrected chi connectivity index (χ2v) is 15.3. The average molecular weight is 767 g/mol. The van der Waals surface area contributed by atoms with Crippen molar-refractivity contribution in [2.45, 2.75) is 78.1 Å². The summed E-state index contributed by atoms with van der Waals surface area (Å²) in [5.74, 6) is 2.63. The van der Waals surface area contributed by atoms with Gasteiger partial charge < -0.3 is 19.3 Å². The quantitative estimate of drug-likeness (QED) is 0.119. The second kappa shape index (κ2) is 15.5. The van der Waals surface area contributed by atoms with Gasteiger partial charge in [0.1, 0.15) is 3.70 Å². The number of rotatable bonds is 11. The third-order valence-electron chi connectivity index (χ3n) is 10.5. The molecule has 0 atom stereocenters. The predicted octanol–water partition coefficient (Wildman–Crippen LogP) is 7.21. The van der Waals surface area contributed by atoms with E-state index in [0.717, 1.165) is 80.7 Å². The van der Waals surface area contributed by atoms with Gasteiger partial charge >= 0.3 is 0 Å². The Kier molecular flexibility index (Phi) is 10.9. The van der Waals surface area contributed by atoms with Crippen LogP contribution in [0.4, 0.5) is 11.4 Å². The fraction of sp³-hybridized carbons (Fsp3) is 0.605. The summed E-state index contributed by atoms with van der Waals surface area (Å²) in [7, 11) is 0. The van der Waals surface area contributed by atoms with Gasteiger partial charge in [-0.25, -0.2) is 9.03 Å². The van der Waals surface area contributed by atoms with E-state index in [9.17, 15) is 4.79 Å². The molecule has 0 N–H and O–H groups in total. The van der Waals surface area contributed by atoms with Crippen LogP contribution in [0.25, 0.3) is 11.0 Å². The van der Waals surface area contributed by atoms with Crippen LogP contribution in [-0.2, 0) is 27.1 Å². The van der Waals surface area contributed by atoms with Crippen LogP contribution in [-0.4, -0.2) is 71.2 Å². The molecule has 8 rings (SSSR count). The summed E-state index contributed by atoms with van der Waals surface area (Å²) in [6.45, 7) is 10.8. The maximum atomic E-state index is 13.3. The van der Waals surface area contributed by atoms with E-state index in [2.05, 4.69) is 75.0 Å². The molecular formula is C38H51IN6O3. The Hall–Kier alpha value is -2.70. The van der Waals surface area contributed by atoms with Crippen LogP contribution in [0.3, 0.4) is 0 Å². The molecule has 0 bridgehead atoms. The lowest BCUT2D eigenvalue weighted by molar-refractivity contribution is -0.125. The number of ether oxygens (including phenoxy) is 2. The summed E-state index contributed by atoms with van der Waals surface area (Å²) in [4.78, 5) is 18.0. The molecule has 4 aromatic heterocycles. The molecule has 258 valence electrons. The molecule has 0 radical (unpaired) electrons. The van der Waals surface area contributed by atoms with Crippen LogP contribution < -0.4 is 9.80 Å². The lowest BCUT2D eigenvalue weighted by atomic mass is 9.98. The third kappa shape index (κ3) is 7.70. The molecule has 0 spiro atoms. The lowest BCUT2D eigenvalue weighted by Crippen LogP contribution is -2.40. The molecule has 2 aliphatic carbocycles. The molecule has 2 saturated heterocycles. The first kappa shape index (κ1) is 33.8. The van der Waals surface area contributed by atoms with E-state index in [1.54, 1.807) is 0 Å². The number of fused-ring (bicyclic) bond motifs is 2. The fourth-order valence-electron chi connectivity index (χ4n) is 7.35. The molecule has 0 unspecified atom stereocenters. The Morgan fingerprint density at radius 2 is 1.35 bits per heavy atom. The summed E-state index contributed by atoms with van der Waals surface area (Å²) in [6.07, 6.45) is 13.1. The van der Waals surface area contributed by atoms with E-state index >= 15 is 0 Å². The molecule has 0 aromatic carbocycles. The summed E-state index contributed by atoms with van der Waals surface area (Å²) < 4.78 is 16.2. The Balaban J connectivity index is 0.000000152. The van der Waals surface area contributed by atoms with Gasteiger partial charge in [0.05, 0.1) is 33.8 Å². The van der Waals surface area contributed by atoms with Crippen molar-refractivity contribution in [3.8, 4) is 0 Å². The number of carbonyl (C=O) groups excluding carboxylic acids is 1. The predicted molar refractivity (Wildman–Crippen MR) is 199 cm³/mol. The molecule has 2 saturated carbocycles. The minimum atomic E-state index is 0.0841. The molecule has 2 aliphatic heterocycles. The van der Waals surface area contributed by atoms with E-state index < -0.39 is 0 Å². The highest BCUT2D eigenvalue weighted by atomic mass is 127. The average Bonchev–Trinajstić information content (AvgIpc) is 4.06. The first-order valence-corrected chi connectivity index (χ1v) is 19.5. The van der Waals surface area contributed by atoms with Crippen molar-refractivity contribution in [2.75, 3.05) is 55.9 Å². The highest BCUT2D eigenvalue weighted by Crippen LogP contribution is 2.37. The van der Waals surface area contributed by atoms with Crippen molar-refractivity contribution in [3.63, 3.8) is 0 Å². The van der Waals surface area contributed by atoms with E-state index in [1.165, 1.54) is 65.7 Å². The van der Waals surface area contributed by atoms with E-state index in [-0.39, 0.29) is 11.8 Å². The summed E-state index contributed by atoms with van der Waals surface area (Å²) in [5, 5.41) is 9.62. The minimum Gasteiger partial charge on any atom is -0.381 e. The Labute approximate surface area is 298 Å². The monoisotopic (exact) mass is 766 g/mol. The van der Waals surface area contributed by atoms with Crippen LogP contribution in [0.1, 0.15) is 76.6 Å². The molecule has 10 heteroatoms. The summed E-state index contributed by atoms with van der Waals surface area (Å²) in [6, 6.07) is 12.6. The zero-order chi connectivity index (χ0) is 33.0. The van der Waals surface area contributed by atoms with Crippen molar-refractivity contribution < 1.29 is 14.3 Å². The number of amides is 1. The van der Waals surface area contributed by atoms with Gasteiger partial charge in [-0.3, -0.25) is 4.79 Å². The summed E-state index contributed by atoms with van der Waals surface area (Å²) >= 11 is 2.39. The number of nitrogens with zero attached hydrogens (tertiary/aromatic N) is 6.